The Bertz CT molecular complexity index is 1350. The zero-order chi connectivity index (χ0) is 29.2. The Labute approximate surface area is 238 Å². The quantitative estimate of drug-likeness (QED) is 0.173. The summed E-state index contributed by atoms with van der Waals surface area (Å²) in [4.78, 5) is 68.3. The molecule has 5 atom stereocenters. The SMILES string of the molecule is CCOC(=O)COC1=C(C(N)=O)C(=O)[C@@]2(O)C(=O)C3C(=O)c4c(O)ccc(I)c4C[C@@]3(C)C[C@@]2(C)[C@@H]1N(C)C. The number of carbonyl (C=O) groups is 5. The molecule has 0 spiro atoms. The summed E-state index contributed by atoms with van der Waals surface area (Å²) in [5.74, 6) is -7.05. The smallest absolute Gasteiger partial charge is 0.344 e. The molecule has 3 aliphatic carbocycles. The zero-order valence-corrected chi connectivity index (χ0v) is 24.5. The van der Waals surface area contributed by atoms with Crippen LogP contribution in [0.15, 0.2) is 23.5 Å². The topological polar surface area (TPSA) is 174 Å². The summed E-state index contributed by atoms with van der Waals surface area (Å²) in [5, 5.41) is 22.6. The second kappa shape index (κ2) is 9.66. The van der Waals surface area contributed by atoms with Crippen LogP contribution in [0, 0.1) is 20.3 Å². The maximum absolute atomic E-state index is 14.3. The number of nitrogens with zero attached hydrogens (tertiary/aromatic N) is 1. The van der Waals surface area contributed by atoms with Gasteiger partial charge in [0, 0.05) is 8.99 Å². The molecule has 0 saturated heterocycles. The number of aliphatic hydroxyl groups is 1. The molecule has 0 radical (unpaired) electrons. The molecule has 0 bridgehead atoms. The summed E-state index contributed by atoms with van der Waals surface area (Å²) in [7, 11) is 3.22. The number of amides is 1. The molecule has 210 valence electrons. The van der Waals surface area contributed by atoms with Crippen LogP contribution in [0.25, 0.3) is 0 Å². The minimum atomic E-state index is -2.82. The van der Waals surface area contributed by atoms with Crippen molar-refractivity contribution in [3.63, 3.8) is 0 Å². The number of benzene rings is 1. The number of esters is 1. The molecule has 0 aliphatic heterocycles. The van der Waals surface area contributed by atoms with E-state index in [9.17, 15) is 34.2 Å². The molecule has 1 amide bonds. The van der Waals surface area contributed by atoms with Gasteiger partial charge in [0.25, 0.3) is 5.91 Å². The molecule has 3 aliphatic rings. The van der Waals surface area contributed by atoms with Gasteiger partial charge in [-0.15, -0.1) is 0 Å². The molecule has 1 saturated carbocycles. The van der Waals surface area contributed by atoms with E-state index in [-0.39, 0.29) is 36.5 Å². The van der Waals surface area contributed by atoms with Crippen LogP contribution < -0.4 is 5.73 Å². The first kappa shape index (κ1) is 29.2. The first-order valence-electron chi connectivity index (χ1n) is 12.4. The average Bonchev–Trinajstić information content (AvgIpc) is 2.82. The standard InChI is InChI=1S/C27H31IN2O9/c1-6-38-15(32)10-39-20-17(24(29)36)22(34)27(37)23(35)18-19(33)16-12(13(28)7-8-14(16)31)9-25(18,2)11-26(27,3)21(20)30(4)5/h7-8,18,21,31,37H,6,9-11H2,1-5H3,(H2,29,36)/t18?,21-,25+,26+,27-/m1/s1. The van der Waals surface area contributed by atoms with E-state index >= 15 is 0 Å². The molecule has 11 nitrogen and oxygen atoms in total. The zero-order valence-electron chi connectivity index (χ0n) is 22.3. The van der Waals surface area contributed by atoms with E-state index in [1.807, 2.05) is 0 Å². The van der Waals surface area contributed by atoms with E-state index in [2.05, 4.69) is 22.6 Å². The molecule has 1 aromatic carbocycles. The van der Waals surface area contributed by atoms with Gasteiger partial charge in [0.1, 0.15) is 17.1 Å². The fourth-order valence-electron chi connectivity index (χ4n) is 6.99. The number of halogens is 1. The summed E-state index contributed by atoms with van der Waals surface area (Å²) in [5.41, 5.74) is -0.114. The minimum absolute atomic E-state index is 0.0125. The van der Waals surface area contributed by atoms with Crippen LogP contribution in [0.3, 0.4) is 0 Å². The van der Waals surface area contributed by atoms with Gasteiger partial charge in [0.05, 0.1) is 24.1 Å². The predicted molar refractivity (Wildman–Crippen MR) is 144 cm³/mol. The number of aromatic hydroxyl groups is 1. The highest BCUT2D eigenvalue weighted by Gasteiger charge is 2.75. The highest BCUT2D eigenvalue weighted by atomic mass is 127. The second-order valence-corrected chi connectivity index (χ2v) is 12.3. The molecule has 4 rings (SSSR count). The number of hydrogen-bond donors (Lipinski definition) is 3. The Morgan fingerprint density at radius 2 is 1.85 bits per heavy atom. The van der Waals surface area contributed by atoms with Crippen molar-refractivity contribution in [1.29, 1.82) is 0 Å². The Balaban J connectivity index is 1.95. The van der Waals surface area contributed by atoms with Gasteiger partial charge in [0.2, 0.25) is 5.78 Å². The number of fused-ring (bicyclic) bond motifs is 3. The molecule has 39 heavy (non-hydrogen) atoms. The van der Waals surface area contributed by atoms with Crippen molar-refractivity contribution in [2.45, 2.75) is 45.3 Å². The number of ether oxygens (including phenoxy) is 2. The lowest BCUT2D eigenvalue weighted by Gasteiger charge is -2.61. The largest absolute Gasteiger partial charge is 0.507 e. The summed E-state index contributed by atoms with van der Waals surface area (Å²) >= 11 is 2.06. The van der Waals surface area contributed by atoms with E-state index in [0.717, 1.165) is 3.57 Å². The second-order valence-electron chi connectivity index (χ2n) is 11.1. The minimum Gasteiger partial charge on any atom is -0.507 e. The Hall–Kier alpha value is -2.84. The highest BCUT2D eigenvalue weighted by Crippen LogP contribution is 2.62. The van der Waals surface area contributed by atoms with Crippen molar-refractivity contribution in [3.8, 4) is 5.75 Å². The third-order valence-corrected chi connectivity index (χ3v) is 9.31. The normalized spacial score (nSPS) is 31.9. The number of hydrogen-bond acceptors (Lipinski definition) is 10. The third kappa shape index (κ3) is 4.01. The lowest BCUT2D eigenvalue weighted by molar-refractivity contribution is -0.194. The predicted octanol–water partition coefficient (Wildman–Crippen LogP) is 0.900. The van der Waals surface area contributed by atoms with Crippen LogP contribution in [0.4, 0.5) is 0 Å². The Kier molecular flexibility index (Phi) is 7.22. The summed E-state index contributed by atoms with van der Waals surface area (Å²) in [6.45, 7) is 4.33. The molecular weight excluding hydrogens is 623 g/mol. The van der Waals surface area contributed by atoms with E-state index in [0.29, 0.717) is 5.56 Å². The Morgan fingerprint density at radius 3 is 2.41 bits per heavy atom. The molecule has 1 aromatic rings. The number of nitrogens with two attached hydrogens (primary N) is 1. The number of Topliss-reactive ketones (excluding diaryl/α,β-unsaturated/α-hetero) is 3. The van der Waals surface area contributed by atoms with Crippen LogP contribution in [-0.2, 0) is 35.1 Å². The number of primary amides is 1. The maximum atomic E-state index is 14.3. The lowest BCUT2D eigenvalue weighted by atomic mass is 9.43. The van der Waals surface area contributed by atoms with Gasteiger partial charge in [-0.1, -0.05) is 13.8 Å². The van der Waals surface area contributed by atoms with E-state index in [4.69, 9.17) is 15.2 Å². The first-order valence-corrected chi connectivity index (χ1v) is 13.5. The van der Waals surface area contributed by atoms with Gasteiger partial charge < -0.3 is 25.4 Å². The lowest BCUT2D eigenvalue weighted by Crippen LogP contribution is -2.76. The van der Waals surface area contributed by atoms with E-state index in [1.165, 1.54) is 13.0 Å². The molecule has 12 heteroatoms. The summed E-state index contributed by atoms with van der Waals surface area (Å²) in [6.07, 6.45) is 0.194. The first-order chi connectivity index (χ1) is 18.1. The van der Waals surface area contributed by atoms with Crippen molar-refractivity contribution in [1.82, 2.24) is 4.90 Å². The van der Waals surface area contributed by atoms with Gasteiger partial charge >= 0.3 is 5.97 Å². The van der Waals surface area contributed by atoms with Crippen molar-refractivity contribution in [2.24, 2.45) is 22.5 Å². The fraction of sp³-hybridized carbons (Fsp3) is 0.519. The summed E-state index contributed by atoms with van der Waals surface area (Å²) < 4.78 is 11.3. The molecular formula is C27H31IN2O9. The van der Waals surface area contributed by atoms with Gasteiger partial charge in [-0.2, -0.15) is 0 Å². The number of carbonyl (C=O) groups excluding carboxylic acids is 5. The van der Waals surface area contributed by atoms with Crippen molar-refractivity contribution < 1.29 is 43.7 Å². The van der Waals surface area contributed by atoms with Crippen LogP contribution in [0.1, 0.15) is 43.1 Å². The van der Waals surface area contributed by atoms with Crippen molar-refractivity contribution in [2.75, 3.05) is 27.3 Å². The van der Waals surface area contributed by atoms with Crippen molar-refractivity contribution >= 4 is 51.8 Å². The average molecular weight is 654 g/mol. The van der Waals surface area contributed by atoms with Crippen LogP contribution in [0.5, 0.6) is 5.75 Å². The fourth-order valence-corrected chi connectivity index (χ4v) is 7.63. The van der Waals surface area contributed by atoms with Crippen LogP contribution in [0.2, 0.25) is 0 Å². The summed E-state index contributed by atoms with van der Waals surface area (Å²) in [6, 6.07) is 1.96. The molecule has 1 unspecified atom stereocenters. The van der Waals surface area contributed by atoms with Gasteiger partial charge in [-0.3, -0.25) is 24.1 Å². The number of rotatable bonds is 6. The van der Waals surface area contributed by atoms with Crippen LogP contribution in [-0.4, -0.2) is 83.3 Å². The van der Waals surface area contributed by atoms with Crippen LogP contribution >= 0.6 is 22.6 Å². The number of phenolic OH excluding ortho intramolecular Hbond substituents is 1. The monoisotopic (exact) mass is 654 g/mol. The Morgan fingerprint density at radius 1 is 1.21 bits per heavy atom. The number of likely N-dealkylation sites (N-methyl/N-ethyl adjacent to an activating group) is 1. The number of ketones is 3. The molecule has 0 aromatic heterocycles. The molecule has 1 fully saturated rings. The number of phenols is 1. The van der Waals surface area contributed by atoms with Crippen molar-refractivity contribution in [3.05, 3.63) is 38.2 Å². The van der Waals surface area contributed by atoms with Gasteiger partial charge in [-0.25, -0.2) is 4.79 Å². The highest BCUT2D eigenvalue weighted by molar-refractivity contribution is 14.1. The van der Waals surface area contributed by atoms with E-state index in [1.54, 1.807) is 38.9 Å². The van der Waals surface area contributed by atoms with Gasteiger partial charge in [0.15, 0.2) is 23.8 Å². The molecule has 0 heterocycles. The third-order valence-electron chi connectivity index (χ3n) is 8.30. The maximum Gasteiger partial charge on any atom is 0.344 e. The molecule has 4 N–H and O–H groups in total. The van der Waals surface area contributed by atoms with Gasteiger partial charge in [-0.05, 0) is 79.6 Å². The van der Waals surface area contributed by atoms with E-state index < -0.39 is 69.8 Å².